The van der Waals surface area contributed by atoms with Crippen LogP contribution in [0.25, 0.3) is 0 Å². The number of hydrogen-bond acceptors (Lipinski definition) is 4. The molecule has 1 aliphatic carbocycles. The molecule has 0 fully saturated rings. The molecular formula is C18H21ClN4O2. The third kappa shape index (κ3) is 3.19. The van der Waals surface area contributed by atoms with Gasteiger partial charge in [0.25, 0.3) is 5.91 Å². The summed E-state index contributed by atoms with van der Waals surface area (Å²) < 4.78 is 1.82. The summed E-state index contributed by atoms with van der Waals surface area (Å²) in [4.78, 5) is 24.5. The van der Waals surface area contributed by atoms with Crippen molar-refractivity contribution in [2.75, 3.05) is 11.9 Å². The van der Waals surface area contributed by atoms with Gasteiger partial charge in [0.05, 0.1) is 5.69 Å². The van der Waals surface area contributed by atoms with Gasteiger partial charge in [0.1, 0.15) is 0 Å². The number of rotatable bonds is 2. The summed E-state index contributed by atoms with van der Waals surface area (Å²) in [7, 11) is 1.89. The number of benzene rings is 1. The van der Waals surface area contributed by atoms with Gasteiger partial charge in [0.2, 0.25) is 0 Å². The number of fused-ring (bicyclic) bond motifs is 2. The van der Waals surface area contributed by atoms with Crippen molar-refractivity contribution in [3.8, 4) is 0 Å². The molecule has 0 spiro atoms. The van der Waals surface area contributed by atoms with Crippen molar-refractivity contribution in [3.63, 3.8) is 0 Å². The monoisotopic (exact) mass is 360 g/mol. The maximum Gasteiger partial charge on any atom is 0.256 e. The predicted octanol–water partition coefficient (Wildman–Crippen LogP) is 2.26. The minimum atomic E-state index is -0.171. The number of aryl methyl sites for hydroxylation is 2. The molecular weight excluding hydrogens is 340 g/mol. The quantitative estimate of drug-likeness (QED) is 0.861. The molecule has 1 aromatic heterocycles. The summed E-state index contributed by atoms with van der Waals surface area (Å²) in [6.07, 6.45) is 3.18. The van der Waals surface area contributed by atoms with Gasteiger partial charge in [-0.05, 0) is 43.5 Å². The van der Waals surface area contributed by atoms with Crippen molar-refractivity contribution in [2.45, 2.75) is 32.2 Å². The zero-order valence-electron chi connectivity index (χ0n) is 14.1. The molecule has 1 aliphatic heterocycles. The average molecular weight is 361 g/mol. The highest BCUT2D eigenvalue weighted by Gasteiger charge is 2.22. The Morgan fingerprint density at radius 1 is 1.28 bits per heavy atom. The average Bonchev–Trinajstić information content (AvgIpc) is 2.91. The Morgan fingerprint density at radius 2 is 2.12 bits per heavy atom. The summed E-state index contributed by atoms with van der Waals surface area (Å²) >= 11 is 0. The van der Waals surface area contributed by atoms with E-state index >= 15 is 0 Å². The molecule has 1 aromatic carbocycles. The third-order valence-corrected chi connectivity index (χ3v) is 4.87. The molecule has 1 amide bonds. The van der Waals surface area contributed by atoms with Crippen molar-refractivity contribution in [1.29, 1.82) is 0 Å². The van der Waals surface area contributed by atoms with Gasteiger partial charge in [-0.15, -0.1) is 12.4 Å². The van der Waals surface area contributed by atoms with Crippen LogP contribution in [0.3, 0.4) is 0 Å². The van der Waals surface area contributed by atoms with Crippen LogP contribution < -0.4 is 10.6 Å². The number of nitrogens with zero attached hydrogens (tertiary/aromatic N) is 2. The van der Waals surface area contributed by atoms with E-state index in [1.54, 1.807) is 12.1 Å². The molecule has 0 bridgehead atoms. The Bertz CT molecular complexity index is 844. The highest BCUT2D eigenvalue weighted by molar-refractivity contribution is 6.06. The predicted molar refractivity (Wildman–Crippen MR) is 97.5 cm³/mol. The molecule has 0 radical (unpaired) electrons. The highest BCUT2D eigenvalue weighted by Crippen LogP contribution is 2.25. The number of ketones is 1. The first-order valence-electron chi connectivity index (χ1n) is 8.36. The normalized spacial score (nSPS) is 15.8. The van der Waals surface area contributed by atoms with E-state index in [2.05, 4.69) is 15.7 Å². The van der Waals surface area contributed by atoms with Crippen LogP contribution in [0.4, 0.5) is 5.82 Å². The molecule has 2 N–H and O–H groups in total. The van der Waals surface area contributed by atoms with Crippen molar-refractivity contribution >= 4 is 29.9 Å². The van der Waals surface area contributed by atoms with Gasteiger partial charge in [-0.3, -0.25) is 14.3 Å². The maximum atomic E-state index is 12.6. The fourth-order valence-electron chi connectivity index (χ4n) is 3.57. The van der Waals surface area contributed by atoms with Gasteiger partial charge in [-0.1, -0.05) is 6.07 Å². The van der Waals surface area contributed by atoms with E-state index in [-0.39, 0.29) is 24.1 Å². The number of Topliss-reactive ketones (excluding diaryl/α,β-unsaturated/α-hetero) is 1. The number of carbonyl (C=O) groups is 2. The van der Waals surface area contributed by atoms with E-state index in [0.29, 0.717) is 17.8 Å². The summed E-state index contributed by atoms with van der Waals surface area (Å²) in [6.45, 7) is 1.66. The molecule has 4 rings (SSSR count). The fraction of sp³-hybridized carbons (Fsp3) is 0.389. The van der Waals surface area contributed by atoms with E-state index in [1.807, 2.05) is 17.8 Å². The molecule has 2 heterocycles. The molecule has 2 aliphatic rings. The number of anilines is 1. The van der Waals surface area contributed by atoms with Crippen molar-refractivity contribution in [3.05, 3.63) is 46.1 Å². The molecule has 132 valence electrons. The van der Waals surface area contributed by atoms with Crippen LogP contribution >= 0.6 is 12.4 Å². The molecule has 7 heteroatoms. The summed E-state index contributed by atoms with van der Waals surface area (Å²) in [5, 5.41) is 10.7. The van der Waals surface area contributed by atoms with Crippen LogP contribution in [0.1, 0.15) is 50.4 Å². The van der Waals surface area contributed by atoms with E-state index in [1.165, 1.54) is 0 Å². The third-order valence-electron chi connectivity index (χ3n) is 4.87. The molecule has 25 heavy (non-hydrogen) atoms. The molecule has 0 unspecified atom stereocenters. The SMILES string of the molecule is Cl.Cn1nc(NC(=O)c2ccc3c(c2)CCCC3=O)c2c1CNCC2. The Morgan fingerprint density at radius 3 is 2.96 bits per heavy atom. The first-order chi connectivity index (χ1) is 11.6. The Balaban J connectivity index is 0.00000182. The lowest BCUT2D eigenvalue weighted by atomic mass is 9.89. The number of hydrogen-bond donors (Lipinski definition) is 2. The lowest BCUT2D eigenvalue weighted by Crippen LogP contribution is -2.25. The van der Waals surface area contributed by atoms with Crippen molar-refractivity contribution in [2.24, 2.45) is 7.05 Å². The van der Waals surface area contributed by atoms with Gasteiger partial charge >= 0.3 is 0 Å². The van der Waals surface area contributed by atoms with Crippen LogP contribution in [-0.2, 0) is 26.4 Å². The number of carbonyl (C=O) groups excluding carboxylic acids is 2. The molecule has 0 saturated carbocycles. The first kappa shape index (κ1) is 17.6. The van der Waals surface area contributed by atoms with Crippen LogP contribution in [-0.4, -0.2) is 28.0 Å². The van der Waals surface area contributed by atoms with E-state index in [0.717, 1.165) is 54.7 Å². The van der Waals surface area contributed by atoms with Crippen LogP contribution in [0.5, 0.6) is 0 Å². The fourth-order valence-corrected chi connectivity index (χ4v) is 3.57. The molecule has 6 nitrogen and oxygen atoms in total. The molecule has 0 atom stereocenters. The Kier molecular flexibility index (Phi) is 4.92. The van der Waals surface area contributed by atoms with Crippen LogP contribution in [0.15, 0.2) is 18.2 Å². The molecule has 2 aromatic rings. The standard InChI is InChI=1S/C18H20N4O2.ClH/c1-22-15-10-19-8-7-14(15)17(21-22)20-18(24)12-5-6-13-11(9-12)3-2-4-16(13)23;/h5-6,9,19H,2-4,7-8,10H2,1H3,(H,20,21,24);1H. The molecule has 0 saturated heterocycles. The Hall–Kier alpha value is -2.18. The smallest absolute Gasteiger partial charge is 0.256 e. The zero-order chi connectivity index (χ0) is 16.7. The van der Waals surface area contributed by atoms with Crippen molar-refractivity contribution in [1.82, 2.24) is 15.1 Å². The summed E-state index contributed by atoms with van der Waals surface area (Å²) in [5.74, 6) is 0.651. The Labute approximate surface area is 152 Å². The summed E-state index contributed by atoms with van der Waals surface area (Å²) in [5.41, 5.74) is 4.55. The number of halogens is 1. The largest absolute Gasteiger partial charge is 0.311 e. The maximum absolute atomic E-state index is 12.6. The van der Waals surface area contributed by atoms with Crippen molar-refractivity contribution < 1.29 is 9.59 Å². The second-order valence-electron chi connectivity index (χ2n) is 6.43. The number of nitrogens with one attached hydrogen (secondary N) is 2. The van der Waals surface area contributed by atoms with Gasteiger partial charge in [-0.2, -0.15) is 5.10 Å². The van der Waals surface area contributed by atoms with Gasteiger partial charge in [0, 0.05) is 36.7 Å². The topological polar surface area (TPSA) is 76.0 Å². The van der Waals surface area contributed by atoms with Gasteiger partial charge in [0.15, 0.2) is 11.6 Å². The van der Waals surface area contributed by atoms with Crippen LogP contribution in [0, 0.1) is 0 Å². The van der Waals surface area contributed by atoms with E-state index < -0.39 is 0 Å². The lowest BCUT2D eigenvalue weighted by molar-refractivity contribution is 0.0969. The van der Waals surface area contributed by atoms with E-state index in [4.69, 9.17) is 0 Å². The van der Waals surface area contributed by atoms with E-state index in [9.17, 15) is 9.59 Å². The van der Waals surface area contributed by atoms with Crippen LogP contribution in [0.2, 0.25) is 0 Å². The zero-order valence-corrected chi connectivity index (χ0v) is 14.9. The van der Waals surface area contributed by atoms with Gasteiger partial charge in [-0.25, -0.2) is 0 Å². The minimum absolute atomic E-state index is 0. The first-order valence-corrected chi connectivity index (χ1v) is 8.36. The number of amides is 1. The summed E-state index contributed by atoms with van der Waals surface area (Å²) in [6, 6.07) is 5.36. The highest BCUT2D eigenvalue weighted by atomic mass is 35.5. The second-order valence-corrected chi connectivity index (χ2v) is 6.43. The van der Waals surface area contributed by atoms with Gasteiger partial charge < -0.3 is 10.6 Å². The second kappa shape index (κ2) is 6.98. The minimum Gasteiger partial charge on any atom is -0.311 e. The number of aromatic nitrogens is 2. The lowest BCUT2D eigenvalue weighted by Gasteiger charge is -2.16.